The summed E-state index contributed by atoms with van der Waals surface area (Å²) in [7, 11) is -0.265. The number of carbonyl (C=O) groups excluding carboxylic acids is 1. The SMILES string of the molecule is CC[C@H]1C[C@@H](C[C@@H]2COB(CNC(C)=O)O2)C1(C)C. The molecule has 4 nitrogen and oxygen atoms in total. The van der Waals surface area contributed by atoms with Crippen LogP contribution in [-0.2, 0) is 14.1 Å². The second kappa shape index (κ2) is 5.84. The summed E-state index contributed by atoms with van der Waals surface area (Å²) in [6.07, 6.45) is 4.33. The van der Waals surface area contributed by atoms with Gasteiger partial charge in [-0.2, -0.15) is 0 Å². The molecular formula is C14H26BNO3. The Balaban J connectivity index is 1.73. The van der Waals surface area contributed by atoms with Crippen molar-refractivity contribution in [2.75, 3.05) is 13.1 Å². The number of rotatable bonds is 5. The molecule has 0 spiro atoms. The molecule has 2 fully saturated rings. The van der Waals surface area contributed by atoms with Gasteiger partial charge in [0, 0.05) is 6.92 Å². The summed E-state index contributed by atoms with van der Waals surface area (Å²) < 4.78 is 11.4. The summed E-state index contributed by atoms with van der Waals surface area (Å²) in [5.41, 5.74) is 0.438. The third-order valence-electron chi connectivity index (χ3n) is 5.04. The number of amides is 1. The molecule has 2 rings (SSSR count). The standard InChI is InChI=1S/C14H26BNO3/c1-5-11-6-12(14(11,3)4)7-13-8-18-15(19-13)9-16-10(2)17/h11-13H,5-9H2,1-4H3,(H,16,17)/t11-,12-,13+/m0/s1. The lowest BCUT2D eigenvalue weighted by Crippen LogP contribution is -2.46. The summed E-state index contributed by atoms with van der Waals surface area (Å²) in [6, 6.07) is 0. The number of nitrogens with one attached hydrogen (secondary N) is 1. The normalized spacial score (nSPS) is 33.1. The Hall–Kier alpha value is -0.545. The summed E-state index contributed by atoms with van der Waals surface area (Å²) in [5, 5.41) is 2.73. The van der Waals surface area contributed by atoms with E-state index >= 15 is 0 Å². The molecule has 1 heterocycles. The predicted molar refractivity (Wildman–Crippen MR) is 75.5 cm³/mol. The van der Waals surface area contributed by atoms with Gasteiger partial charge in [0.05, 0.1) is 19.2 Å². The van der Waals surface area contributed by atoms with Gasteiger partial charge in [0.1, 0.15) is 0 Å². The van der Waals surface area contributed by atoms with Crippen LogP contribution >= 0.6 is 0 Å². The third-order valence-corrected chi connectivity index (χ3v) is 5.04. The lowest BCUT2D eigenvalue weighted by Gasteiger charge is -2.53. The molecule has 1 saturated heterocycles. The highest BCUT2D eigenvalue weighted by Gasteiger charge is 2.48. The van der Waals surface area contributed by atoms with Gasteiger partial charge >= 0.3 is 7.12 Å². The zero-order valence-electron chi connectivity index (χ0n) is 12.6. The molecule has 0 aromatic rings. The Labute approximate surface area is 116 Å². The smallest absolute Gasteiger partial charge is 0.407 e. The quantitative estimate of drug-likeness (QED) is 0.775. The van der Waals surface area contributed by atoms with Crippen molar-refractivity contribution < 1.29 is 14.1 Å². The molecule has 1 N–H and O–H groups in total. The lowest BCUT2D eigenvalue weighted by atomic mass is 9.53. The molecule has 2 aliphatic rings. The van der Waals surface area contributed by atoms with E-state index in [4.69, 9.17) is 9.31 Å². The van der Waals surface area contributed by atoms with Crippen molar-refractivity contribution in [1.82, 2.24) is 5.32 Å². The van der Waals surface area contributed by atoms with Gasteiger partial charge in [0.15, 0.2) is 0 Å². The van der Waals surface area contributed by atoms with Crippen LogP contribution in [0.3, 0.4) is 0 Å². The summed E-state index contributed by atoms with van der Waals surface area (Å²) in [5.74, 6) is 1.56. The molecule has 5 heteroatoms. The maximum absolute atomic E-state index is 10.8. The Morgan fingerprint density at radius 1 is 1.42 bits per heavy atom. The molecule has 1 aliphatic heterocycles. The highest BCUT2D eigenvalue weighted by molar-refractivity contribution is 6.45. The van der Waals surface area contributed by atoms with Crippen molar-refractivity contribution in [1.29, 1.82) is 0 Å². The van der Waals surface area contributed by atoms with Crippen LogP contribution in [-0.4, -0.2) is 32.2 Å². The fourth-order valence-corrected chi connectivity index (χ4v) is 3.50. The van der Waals surface area contributed by atoms with Crippen molar-refractivity contribution in [2.45, 2.75) is 53.1 Å². The summed E-state index contributed by atoms with van der Waals surface area (Å²) >= 11 is 0. The molecule has 3 atom stereocenters. The zero-order valence-corrected chi connectivity index (χ0v) is 12.6. The van der Waals surface area contributed by atoms with Crippen LogP contribution in [0.5, 0.6) is 0 Å². The van der Waals surface area contributed by atoms with Gasteiger partial charge in [0.2, 0.25) is 5.91 Å². The van der Waals surface area contributed by atoms with Gasteiger partial charge in [-0.3, -0.25) is 4.79 Å². The Morgan fingerprint density at radius 3 is 2.74 bits per heavy atom. The highest BCUT2D eigenvalue weighted by atomic mass is 16.6. The van der Waals surface area contributed by atoms with Crippen molar-refractivity contribution in [3.63, 3.8) is 0 Å². The van der Waals surface area contributed by atoms with Crippen LogP contribution in [0.15, 0.2) is 0 Å². The second-order valence-electron chi connectivity index (χ2n) is 6.55. The summed E-state index contributed by atoms with van der Waals surface area (Å²) in [6.45, 7) is 9.20. The molecule has 1 amide bonds. The van der Waals surface area contributed by atoms with Crippen molar-refractivity contribution in [3.8, 4) is 0 Å². The largest absolute Gasteiger partial charge is 0.477 e. The van der Waals surface area contributed by atoms with Crippen LogP contribution in [0.25, 0.3) is 0 Å². The molecule has 0 bridgehead atoms. The van der Waals surface area contributed by atoms with Crippen LogP contribution in [0.4, 0.5) is 0 Å². The van der Waals surface area contributed by atoms with Crippen LogP contribution in [0, 0.1) is 17.3 Å². The fourth-order valence-electron chi connectivity index (χ4n) is 3.50. The monoisotopic (exact) mass is 267 g/mol. The van der Waals surface area contributed by atoms with E-state index < -0.39 is 0 Å². The summed E-state index contributed by atoms with van der Waals surface area (Å²) in [4.78, 5) is 10.8. The second-order valence-corrected chi connectivity index (χ2v) is 6.55. The highest BCUT2D eigenvalue weighted by Crippen LogP contribution is 2.54. The minimum Gasteiger partial charge on any atom is -0.407 e. The zero-order chi connectivity index (χ0) is 14.0. The van der Waals surface area contributed by atoms with E-state index in [1.165, 1.54) is 19.8 Å². The number of carbonyl (C=O) groups is 1. The molecule has 0 radical (unpaired) electrons. The average molecular weight is 267 g/mol. The van der Waals surface area contributed by atoms with Crippen LogP contribution in [0.2, 0.25) is 0 Å². The van der Waals surface area contributed by atoms with E-state index in [1.807, 2.05) is 0 Å². The maximum atomic E-state index is 10.8. The maximum Gasteiger partial charge on any atom is 0.477 e. The van der Waals surface area contributed by atoms with E-state index in [-0.39, 0.29) is 19.1 Å². The molecule has 19 heavy (non-hydrogen) atoms. The van der Waals surface area contributed by atoms with Gasteiger partial charge in [-0.05, 0) is 30.1 Å². The first kappa shape index (κ1) is 14.9. The molecule has 108 valence electrons. The van der Waals surface area contributed by atoms with Gasteiger partial charge in [-0.25, -0.2) is 0 Å². The van der Waals surface area contributed by atoms with Crippen molar-refractivity contribution in [3.05, 3.63) is 0 Å². The first-order valence-electron chi connectivity index (χ1n) is 7.45. The molecule has 0 unspecified atom stereocenters. The third kappa shape index (κ3) is 3.32. The van der Waals surface area contributed by atoms with Gasteiger partial charge in [-0.1, -0.05) is 27.2 Å². The Kier molecular flexibility index (Phi) is 4.56. The van der Waals surface area contributed by atoms with E-state index in [9.17, 15) is 4.79 Å². The Bertz CT molecular complexity index is 335. The van der Waals surface area contributed by atoms with Crippen molar-refractivity contribution in [2.24, 2.45) is 17.3 Å². The fraction of sp³-hybridized carbons (Fsp3) is 0.929. The van der Waals surface area contributed by atoms with Gasteiger partial charge < -0.3 is 14.6 Å². The predicted octanol–water partition coefficient (Wildman–Crippen LogP) is 2.03. The topological polar surface area (TPSA) is 47.6 Å². The molecular weight excluding hydrogens is 241 g/mol. The molecule has 0 aromatic carbocycles. The van der Waals surface area contributed by atoms with Crippen LogP contribution in [0.1, 0.15) is 47.0 Å². The van der Waals surface area contributed by atoms with E-state index in [0.29, 0.717) is 18.5 Å². The molecule has 1 aliphatic carbocycles. The van der Waals surface area contributed by atoms with E-state index in [1.54, 1.807) is 0 Å². The first-order valence-corrected chi connectivity index (χ1v) is 7.45. The molecule has 0 aromatic heterocycles. The minimum atomic E-state index is -0.265. The average Bonchev–Trinajstić information content (AvgIpc) is 2.79. The number of hydrogen-bond donors (Lipinski definition) is 1. The van der Waals surface area contributed by atoms with E-state index in [2.05, 4.69) is 26.1 Å². The van der Waals surface area contributed by atoms with Gasteiger partial charge in [0.25, 0.3) is 0 Å². The first-order chi connectivity index (χ1) is 8.93. The van der Waals surface area contributed by atoms with Crippen molar-refractivity contribution >= 4 is 13.0 Å². The Morgan fingerprint density at radius 2 is 2.16 bits per heavy atom. The minimum absolute atomic E-state index is 0.0402. The van der Waals surface area contributed by atoms with E-state index in [0.717, 1.165) is 18.3 Å². The van der Waals surface area contributed by atoms with Gasteiger partial charge in [-0.15, -0.1) is 0 Å². The van der Waals surface area contributed by atoms with Crippen LogP contribution < -0.4 is 5.32 Å². The number of hydrogen-bond acceptors (Lipinski definition) is 3. The lowest BCUT2D eigenvalue weighted by molar-refractivity contribution is -0.118. The molecule has 1 saturated carbocycles.